The van der Waals surface area contributed by atoms with E-state index in [1.807, 2.05) is 36.4 Å². The van der Waals surface area contributed by atoms with Crippen LogP contribution in [-0.2, 0) is 6.54 Å². The van der Waals surface area contributed by atoms with E-state index >= 15 is 0 Å². The zero-order valence-corrected chi connectivity index (χ0v) is 14.5. The molecule has 0 unspecified atom stereocenters. The van der Waals surface area contributed by atoms with Gasteiger partial charge < -0.3 is 16.0 Å². The number of hydrogen-bond donors (Lipinski definition) is 3. The summed E-state index contributed by atoms with van der Waals surface area (Å²) in [5.41, 5.74) is 9.69. The summed E-state index contributed by atoms with van der Waals surface area (Å²) in [5, 5.41) is 3.10. The van der Waals surface area contributed by atoms with Crippen LogP contribution in [0.2, 0.25) is 0 Å². The number of nitrogens with one attached hydrogen (secondary N) is 2. The largest absolute Gasteiger partial charge is 0.370 e. The van der Waals surface area contributed by atoms with Crippen LogP contribution in [0.1, 0.15) is 25.3 Å². The molecule has 1 aromatic heterocycles. The number of nitrogens with zero attached hydrogens (tertiary/aromatic N) is 2. The molecule has 3 rings (SSSR count). The highest BCUT2D eigenvalue weighted by atomic mass is 16.1. The van der Waals surface area contributed by atoms with Gasteiger partial charge in [-0.1, -0.05) is 38.1 Å². The van der Waals surface area contributed by atoms with E-state index in [0.717, 1.165) is 16.7 Å². The Kier molecular flexibility index (Phi) is 4.88. The Morgan fingerprint density at radius 1 is 1.24 bits per heavy atom. The first-order chi connectivity index (χ1) is 12.0. The number of aliphatic imine (C=N–C) groups is 1. The number of guanidine groups is 1. The van der Waals surface area contributed by atoms with Gasteiger partial charge in [0.15, 0.2) is 5.96 Å². The molecule has 0 aliphatic carbocycles. The molecule has 0 spiro atoms. The van der Waals surface area contributed by atoms with E-state index in [9.17, 15) is 4.79 Å². The molecule has 0 aliphatic heterocycles. The van der Waals surface area contributed by atoms with Gasteiger partial charge in [0, 0.05) is 12.2 Å². The van der Waals surface area contributed by atoms with Gasteiger partial charge in [0.2, 0.25) is 0 Å². The molecule has 25 heavy (non-hydrogen) atoms. The smallest absolute Gasteiger partial charge is 0.326 e. The first-order valence-corrected chi connectivity index (χ1v) is 8.39. The third-order valence-corrected chi connectivity index (χ3v) is 4.11. The maximum atomic E-state index is 12.0. The second kappa shape index (κ2) is 7.25. The molecule has 0 bridgehead atoms. The number of para-hydroxylation sites is 2. The number of aromatic nitrogens is 2. The molecular weight excluding hydrogens is 314 g/mol. The van der Waals surface area contributed by atoms with E-state index < -0.39 is 0 Å². The van der Waals surface area contributed by atoms with Crippen LogP contribution in [0.3, 0.4) is 0 Å². The Hall–Kier alpha value is -3.02. The molecule has 4 N–H and O–H groups in total. The normalized spacial score (nSPS) is 12.0. The van der Waals surface area contributed by atoms with Crippen molar-refractivity contribution in [3.63, 3.8) is 0 Å². The molecule has 0 atom stereocenters. The van der Waals surface area contributed by atoms with Crippen molar-refractivity contribution in [2.24, 2.45) is 10.7 Å². The van der Waals surface area contributed by atoms with Crippen molar-refractivity contribution in [3.8, 4) is 0 Å². The minimum atomic E-state index is -0.132. The minimum absolute atomic E-state index is 0.132. The van der Waals surface area contributed by atoms with Gasteiger partial charge in [-0.05, 0) is 35.7 Å². The fraction of sp³-hybridized carbons (Fsp3) is 0.263. The lowest BCUT2D eigenvalue weighted by atomic mass is 10.0. The van der Waals surface area contributed by atoms with Gasteiger partial charge in [-0.15, -0.1) is 0 Å². The fourth-order valence-electron chi connectivity index (χ4n) is 2.76. The molecule has 6 nitrogen and oxygen atoms in total. The van der Waals surface area contributed by atoms with E-state index in [1.165, 1.54) is 5.56 Å². The van der Waals surface area contributed by atoms with Crippen LogP contribution in [-0.4, -0.2) is 22.1 Å². The molecule has 0 aliphatic rings. The Morgan fingerprint density at radius 3 is 2.84 bits per heavy atom. The molecule has 0 radical (unpaired) electrons. The van der Waals surface area contributed by atoms with Gasteiger partial charge in [-0.2, -0.15) is 0 Å². The maximum absolute atomic E-state index is 12.0. The number of anilines is 1. The second-order valence-corrected chi connectivity index (χ2v) is 6.27. The van der Waals surface area contributed by atoms with Crippen molar-refractivity contribution in [2.75, 3.05) is 11.9 Å². The third-order valence-electron chi connectivity index (χ3n) is 4.11. The van der Waals surface area contributed by atoms with Gasteiger partial charge in [-0.3, -0.25) is 9.56 Å². The molecule has 0 amide bonds. The van der Waals surface area contributed by atoms with Gasteiger partial charge in [0.05, 0.1) is 17.6 Å². The number of H-pyrrole nitrogens is 1. The van der Waals surface area contributed by atoms with Crippen molar-refractivity contribution in [1.29, 1.82) is 0 Å². The fourth-order valence-corrected chi connectivity index (χ4v) is 2.76. The van der Waals surface area contributed by atoms with E-state index in [1.54, 1.807) is 4.57 Å². The van der Waals surface area contributed by atoms with E-state index in [0.29, 0.717) is 25.0 Å². The highest BCUT2D eigenvalue weighted by Crippen LogP contribution is 2.18. The van der Waals surface area contributed by atoms with Crippen molar-refractivity contribution >= 4 is 22.7 Å². The van der Waals surface area contributed by atoms with Crippen LogP contribution in [0.5, 0.6) is 0 Å². The average molecular weight is 337 g/mol. The van der Waals surface area contributed by atoms with Crippen LogP contribution in [0.4, 0.5) is 5.69 Å². The third kappa shape index (κ3) is 3.91. The van der Waals surface area contributed by atoms with Crippen molar-refractivity contribution in [3.05, 3.63) is 64.6 Å². The number of aromatic amines is 1. The lowest BCUT2D eigenvalue weighted by Crippen LogP contribution is -2.24. The van der Waals surface area contributed by atoms with Gasteiger partial charge in [0.1, 0.15) is 0 Å². The monoisotopic (exact) mass is 337 g/mol. The zero-order chi connectivity index (χ0) is 17.8. The number of benzene rings is 2. The number of nitrogens with two attached hydrogens (primary N) is 1. The summed E-state index contributed by atoms with van der Waals surface area (Å²) in [7, 11) is 0. The minimum Gasteiger partial charge on any atom is -0.370 e. The Balaban J connectivity index is 1.66. The van der Waals surface area contributed by atoms with Crippen LogP contribution in [0.25, 0.3) is 11.0 Å². The van der Waals surface area contributed by atoms with E-state index in [-0.39, 0.29) is 5.69 Å². The predicted octanol–water partition coefficient (Wildman–Crippen LogP) is 2.88. The Labute approximate surface area is 146 Å². The lowest BCUT2D eigenvalue weighted by molar-refractivity contribution is 0.703. The van der Waals surface area contributed by atoms with Crippen molar-refractivity contribution in [2.45, 2.75) is 26.3 Å². The highest BCUT2D eigenvalue weighted by molar-refractivity contribution is 5.92. The number of rotatable bonds is 5. The zero-order valence-electron chi connectivity index (χ0n) is 14.5. The summed E-state index contributed by atoms with van der Waals surface area (Å²) in [6, 6.07) is 15.7. The molecule has 0 saturated carbocycles. The molecule has 0 fully saturated rings. The molecule has 0 saturated heterocycles. The quantitative estimate of drug-likeness (QED) is 0.494. The number of hydrogen-bond acceptors (Lipinski definition) is 2. The summed E-state index contributed by atoms with van der Waals surface area (Å²) < 4.78 is 1.67. The molecular formula is C19H23N5O. The number of fused-ring (bicyclic) bond motifs is 1. The Morgan fingerprint density at radius 2 is 2.04 bits per heavy atom. The summed E-state index contributed by atoms with van der Waals surface area (Å²) >= 11 is 0. The molecule has 1 heterocycles. The molecule has 130 valence electrons. The van der Waals surface area contributed by atoms with Crippen molar-refractivity contribution < 1.29 is 0 Å². The van der Waals surface area contributed by atoms with Gasteiger partial charge in [-0.25, -0.2) is 4.79 Å². The van der Waals surface area contributed by atoms with Gasteiger partial charge in [0.25, 0.3) is 0 Å². The topological polar surface area (TPSA) is 88.2 Å². The number of imidazole rings is 1. The van der Waals surface area contributed by atoms with Crippen LogP contribution in [0.15, 0.2) is 58.3 Å². The molecule has 6 heteroatoms. The first kappa shape index (κ1) is 16.8. The highest BCUT2D eigenvalue weighted by Gasteiger charge is 2.05. The van der Waals surface area contributed by atoms with Crippen LogP contribution in [0, 0.1) is 0 Å². The predicted molar refractivity (Wildman–Crippen MR) is 103 cm³/mol. The summed E-state index contributed by atoms with van der Waals surface area (Å²) in [5.74, 6) is 0.794. The SMILES string of the molecule is CC(C)c1cccc(NC(N)=NCCn2c(=O)[nH]c3ccccc32)c1. The van der Waals surface area contributed by atoms with Crippen LogP contribution < -0.4 is 16.7 Å². The summed E-state index contributed by atoms with van der Waals surface area (Å²) in [6.45, 7) is 5.19. The van der Waals surface area contributed by atoms with E-state index in [4.69, 9.17) is 5.73 Å². The lowest BCUT2D eigenvalue weighted by Gasteiger charge is -2.10. The molecule has 3 aromatic rings. The molecule has 2 aromatic carbocycles. The Bertz CT molecular complexity index is 952. The van der Waals surface area contributed by atoms with Crippen molar-refractivity contribution in [1.82, 2.24) is 9.55 Å². The van der Waals surface area contributed by atoms with E-state index in [2.05, 4.69) is 41.3 Å². The average Bonchev–Trinajstić information content (AvgIpc) is 2.91. The second-order valence-electron chi connectivity index (χ2n) is 6.27. The van der Waals surface area contributed by atoms with Gasteiger partial charge >= 0.3 is 5.69 Å². The maximum Gasteiger partial charge on any atom is 0.326 e. The summed E-state index contributed by atoms with van der Waals surface area (Å²) in [4.78, 5) is 19.2. The summed E-state index contributed by atoms with van der Waals surface area (Å²) in [6.07, 6.45) is 0. The van der Waals surface area contributed by atoms with Crippen LogP contribution >= 0.6 is 0 Å². The first-order valence-electron chi connectivity index (χ1n) is 8.39. The standard InChI is InChI=1S/C19H23N5O/c1-13(2)14-6-5-7-15(12-14)22-18(20)21-10-11-24-17-9-4-3-8-16(17)23-19(24)25/h3-9,12-13H,10-11H2,1-2H3,(H,23,25)(H3,20,21,22).